The fourth-order valence-corrected chi connectivity index (χ4v) is 8.28. The summed E-state index contributed by atoms with van der Waals surface area (Å²) in [7, 11) is 0. The van der Waals surface area contributed by atoms with Crippen molar-refractivity contribution in [3.8, 4) is 78.9 Å². The predicted molar refractivity (Wildman–Crippen MR) is 229 cm³/mol. The van der Waals surface area contributed by atoms with Gasteiger partial charge in [0.2, 0.25) is 0 Å². The molecule has 5 heteroatoms. The van der Waals surface area contributed by atoms with Crippen molar-refractivity contribution in [2.75, 3.05) is 0 Å². The maximum Gasteiger partial charge on any atom is 0.160 e. The number of hydrogen-bond acceptors (Lipinski definition) is 5. The molecule has 0 fully saturated rings. The Morgan fingerprint density at radius 2 is 0.655 bits per heavy atom. The number of aromatic nitrogens is 4. The Bertz CT molecular complexity index is 2700. The third-order valence-electron chi connectivity index (χ3n) is 9.89. The third-order valence-corrected chi connectivity index (χ3v) is 11.0. The topological polar surface area (TPSA) is 51.6 Å². The molecule has 55 heavy (non-hydrogen) atoms. The minimum atomic E-state index is 0.676. The summed E-state index contributed by atoms with van der Waals surface area (Å²) < 4.78 is 2.54. The zero-order chi connectivity index (χ0) is 36.6. The average molecular weight is 721 g/mol. The molecule has 10 aromatic rings. The number of rotatable bonds is 7. The van der Waals surface area contributed by atoms with Gasteiger partial charge in [-0.2, -0.15) is 0 Å². The number of nitrogens with zero attached hydrogens (tertiary/aromatic N) is 4. The van der Waals surface area contributed by atoms with Crippen LogP contribution < -0.4 is 0 Å². The van der Waals surface area contributed by atoms with Crippen molar-refractivity contribution in [2.24, 2.45) is 0 Å². The number of fused-ring (bicyclic) bond motifs is 3. The van der Waals surface area contributed by atoms with E-state index < -0.39 is 0 Å². The Labute approximate surface area is 323 Å². The van der Waals surface area contributed by atoms with Crippen molar-refractivity contribution in [1.29, 1.82) is 0 Å². The van der Waals surface area contributed by atoms with Gasteiger partial charge < -0.3 is 0 Å². The van der Waals surface area contributed by atoms with Crippen LogP contribution in [-0.4, -0.2) is 19.9 Å². The number of thiophene rings is 1. The van der Waals surface area contributed by atoms with Crippen LogP contribution in [0.4, 0.5) is 0 Å². The van der Waals surface area contributed by atoms with E-state index in [1.807, 2.05) is 84.1 Å². The molecular weight excluding hydrogens is 689 g/mol. The second-order valence-corrected chi connectivity index (χ2v) is 14.6. The van der Waals surface area contributed by atoms with Crippen LogP contribution in [0.25, 0.3) is 99.1 Å². The third kappa shape index (κ3) is 6.48. The predicted octanol–water partition coefficient (Wildman–Crippen LogP) is 13.3. The van der Waals surface area contributed by atoms with E-state index in [4.69, 9.17) is 19.9 Å². The molecule has 0 N–H and O–H groups in total. The summed E-state index contributed by atoms with van der Waals surface area (Å²) in [6, 6.07) is 67.4. The molecule has 10 rings (SSSR count). The molecule has 0 radical (unpaired) electrons. The maximum atomic E-state index is 5.24. The molecule has 3 aromatic heterocycles. The van der Waals surface area contributed by atoms with E-state index >= 15 is 0 Å². The molecule has 0 atom stereocenters. The first-order valence-corrected chi connectivity index (χ1v) is 19.1. The zero-order valence-corrected chi connectivity index (χ0v) is 30.5. The normalized spacial score (nSPS) is 11.3. The first-order chi connectivity index (χ1) is 27.2. The van der Waals surface area contributed by atoms with Crippen LogP contribution in [0, 0.1) is 0 Å². The van der Waals surface area contributed by atoms with Crippen LogP contribution in [0.3, 0.4) is 0 Å². The first-order valence-electron chi connectivity index (χ1n) is 18.3. The van der Waals surface area contributed by atoms with Crippen molar-refractivity contribution < 1.29 is 0 Å². The quantitative estimate of drug-likeness (QED) is 0.164. The highest BCUT2D eigenvalue weighted by Gasteiger charge is 2.17. The van der Waals surface area contributed by atoms with E-state index in [9.17, 15) is 0 Å². The van der Waals surface area contributed by atoms with E-state index in [0.717, 1.165) is 67.3 Å². The number of benzene rings is 7. The molecule has 3 heterocycles. The summed E-state index contributed by atoms with van der Waals surface area (Å²) in [5.41, 5.74) is 11.5. The van der Waals surface area contributed by atoms with E-state index in [-0.39, 0.29) is 0 Å². The van der Waals surface area contributed by atoms with Crippen LogP contribution in [0.15, 0.2) is 194 Å². The molecule has 0 saturated heterocycles. The molecule has 258 valence electrons. The van der Waals surface area contributed by atoms with Gasteiger partial charge in [0.15, 0.2) is 11.6 Å². The average Bonchev–Trinajstić information content (AvgIpc) is 3.65. The van der Waals surface area contributed by atoms with E-state index in [0.29, 0.717) is 11.6 Å². The highest BCUT2D eigenvalue weighted by molar-refractivity contribution is 7.25. The molecule has 0 saturated carbocycles. The minimum Gasteiger partial charge on any atom is -0.228 e. The molecule has 0 spiro atoms. The van der Waals surface area contributed by atoms with Crippen molar-refractivity contribution in [2.45, 2.75) is 0 Å². The molecule has 0 aliphatic heterocycles. The Hall–Kier alpha value is -7.08. The molecule has 4 nitrogen and oxygen atoms in total. The van der Waals surface area contributed by atoms with Gasteiger partial charge in [-0.15, -0.1) is 11.3 Å². The lowest BCUT2D eigenvalue weighted by atomic mass is 9.95. The van der Waals surface area contributed by atoms with Gasteiger partial charge in [0.25, 0.3) is 0 Å². The summed E-state index contributed by atoms with van der Waals surface area (Å²) in [5, 5.41) is 2.56. The largest absolute Gasteiger partial charge is 0.228 e. The van der Waals surface area contributed by atoms with E-state index in [2.05, 4.69) is 121 Å². The van der Waals surface area contributed by atoms with Gasteiger partial charge in [0.1, 0.15) is 0 Å². The Kier molecular flexibility index (Phi) is 8.32. The standard InChI is InChI=1S/C50H32N4S/c1-5-15-33(16-6-1)43-31-45(53-49(51-43)35-19-9-3-10-20-35)39-27-38(37-25-26-42-41-23-13-14-24-47(41)55-48(42)30-37)28-40(29-39)46-32-44(34-17-7-2-8-18-34)52-50(54-46)36-21-11-4-12-22-36/h1-32H. The first kappa shape index (κ1) is 32.6. The van der Waals surface area contributed by atoms with Crippen molar-refractivity contribution >= 4 is 31.5 Å². The molecule has 0 amide bonds. The lowest BCUT2D eigenvalue weighted by Gasteiger charge is -2.14. The highest BCUT2D eigenvalue weighted by Crippen LogP contribution is 2.39. The monoisotopic (exact) mass is 720 g/mol. The van der Waals surface area contributed by atoms with Crippen LogP contribution in [0.2, 0.25) is 0 Å². The molecule has 7 aromatic carbocycles. The van der Waals surface area contributed by atoms with Crippen molar-refractivity contribution in [3.63, 3.8) is 0 Å². The fourth-order valence-electron chi connectivity index (χ4n) is 7.13. The molecule has 0 aliphatic carbocycles. The van der Waals surface area contributed by atoms with Gasteiger partial charge in [-0.05, 0) is 53.6 Å². The second-order valence-electron chi connectivity index (χ2n) is 13.5. The van der Waals surface area contributed by atoms with Crippen LogP contribution >= 0.6 is 11.3 Å². The molecule has 0 unspecified atom stereocenters. The Morgan fingerprint density at radius 1 is 0.255 bits per heavy atom. The minimum absolute atomic E-state index is 0.676. The van der Waals surface area contributed by atoms with Crippen LogP contribution in [0.5, 0.6) is 0 Å². The highest BCUT2D eigenvalue weighted by atomic mass is 32.1. The summed E-state index contributed by atoms with van der Waals surface area (Å²) in [6.07, 6.45) is 0. The SMILES string of the molecule is c1ccc(-c2cc(-c3cc(-c4ccc5c(c4)sc4ccccc45)cc(-c4cc(-c5ccccc5)nc(-c5ccccc5)n4)c3)nc(-c3ccccc3)n2)cc1. The lowest BCUT2D eigenvalue weighted by Crippen LogP contribution is -1.98. The second kappa shape index (κ2) is 14.0. The van der Waals surface area contributed by atoms with Crippen molar-refractivity contribution in [3.05, 3.63) is 194 Å². The Balaban J connectivity index is 1.22. The van der Waals surface area contributed by atoms with E-state index in [1.165, 1.54) is 20.2 Å². The number of hydrogen-bond donors (Lipinski definition) is 0. The van der Waals surface area contributed by atoms with Gasteiger partial charge in [-0.3, -0.25) is 0 Å². The smallest absolute Gasteiger partial charge is 0.160 e. The zero-order valence-electron chi connectivity index (χ0n) is 29.7. The molecular formula is C50H32N4S. The molecule has 0 bridgehead atoms. The fraction of sp³-hybridized carbons (Fsp3) is 0. The van der Waals surface area contributed by atoms with Gasteiger partial charge in [0.05, 0.1) is 22.8 Å². The van der Waals surface area contributed by atoms with Crippen molar-refractivity contribution in [1.82, 2.24) is 19.9 Å². The summed E-state index contributed by atoms with van der Waals surface area (Å²) in [5.74, 6) is 1.35. The molecule has 0 aliphatic rings. The maximum absolute atomic E-state index is 5.24. The Morgan fingerprint density at radius 3 is 1.16 bits per heavy atom. The van der Waals surface area contributed by atoms with Gasteiger partial charge in [-0.1, -0.05) is 152 Å². The summed E-state index contributed by atoms with van der Waals surface area (Å²) in [6.45, 7) is 0. The van der Waals surface area contributed by atoms with Gasteiger partial charge in [0, 0.05) is 53.6 Å². The lowest BCUT2D eigenvalue weighted by molar-refractivity contribution is 1.18. The van der Waals surface area contributed by atoms with Crippen LogP contribution in [0.1, 0.15) is 0 Å². The van der Waals surface area contributed by atoms with Gasteiger partial charge in [-0.25, -0.2) is 19.9 Å². The van der Waals surface area contributed by atoms with Gasteiger partial charge >= 0.3 is 0 Å². The van der Waals surface area contributed by atoms with Crippen LogP contribution in [-0.2, 0) is 0 Å². The van der Waals surface area contributed by atoms with E-state index in [1.54, 1.807) is 0 Å². The summed E-state index contributed by atoms with van der Waals surface area (Å²) in [4.78, 5) is 20.6. The summed E-state index contributed by atoms with van der Waals surface area (Å²) >= 11 is 1.83.